The highest BCUT2D eigenvalue weighted by Crippen LogP contribution is 2.33. The van der Waals surface area contributed by atoms with Crippen LogP contribution in [0.15, 0.2) is 5.38 Å². The maximum absolute atomic E-state index is 4.66. The number of aryl methyl sites for hydroxylation is 1. The van der Waals surface area contributed by atoms with E-state index >= 15 is 0 Å². The molecule has 1 aliphatic rings. The molecule has 1 fully saturated rings. The van der Waals surface area contributed by atoms with Crippen molar-refractivity contribution >= 4 is 11.3 Å². The Hall–Kier alpha value is -0.410. The summed E-state index contributed by atoms with van der Waals surface area (Å²) in [5.74, 6) is 1.50. The SMILES string of the molecule is CCCC1CNCCC1c1csc(C)n1. The van der Waals surface area contributed by atoms with E-state index in [0.29, 0.717) is 5.92 Å². The number of aromatic nitrogens is 1. The summed E-state index contributed by atoms with van der Waals surface area (Å²) in [5, 5.41) is 6.97. The standard InChI is InChI=1S/C12H20N2S/c1-3-4-10-7-13-6-5-11(10)12-8-15-9(2)14-12/h8,10-11,13H,3-7H2,1-2H3. The Morgan fingerprint density at radius 1 is 1.60 bits per heavy atom. The fourth-order valence-electron chi connectivity index (χ4n) is 2.54. The maximum Gasteiger partial charge on any atom is 0.0897 e. The second-order valence-corrected chi connectivity index (χ2v) is 5.50. The van der Waals surface area contributed by atoms with Gasteiger partial charge in [0.2, 0.25) is 0 Å². The molecular formula is C12H20N2S. The lowest BCUT2D eigenvalue weighted by Gasteiger charge is -2.31. The summed E-state index contributed by atoms with van der Waals surface area (Å²) < 4.78 is 0. The van der Waals surface area contributed by atoms with Crippen LogP contribution in [-0.2, 0) is 0 Å². The third-order valence-corrected chi connectivity index (χ3v) is 4.08. The van der Waals surface area contributed by atoms with E-state index in [0.717, 1.165) is 12.5 Å². The normalized spacial score (nSPS) is 26.8. The smallest absolute Gasteiger partial charge is 0.0897 e. The van der Waals surface area contributed by atoms with Crippen LogP contribution in [0.5, 0.6) is 0 Å². The van der Waals surface area contributed by atoms with Gasteiger partial charge in [0.15, 0.2) is 0 Å². The van der Waals surface area contributed by atoms with Gasteiger partial charge in [-0.2, -0.15) is 0 Å². The molecule has 15 heavy (non-hydrogen) atoms. The molecule has 2 unspecified atom stereocenters. The molecule has 0 saturated carbocycles. The average Bonchev–Trinajstić information content (AvgIpc) is 2.66. The number of hydrogen-bond donors (Lipinski definition) is 1. The molecule has 1 aromatic rings. The van der Waals surface area contributed by atoms with E-state index in [2.05, 4.69) is 29.5 Å². The van der Waals surface area contributed by atoms with Crippen molar-refractivity contribution in [3.63, 3.8) is 0 Å². The van der Waals surface area contributed by atoms with E-state index in [-0.39, 0.29) is 0 Å². The number of nitrogens with one attached hydrogen (secondary N) is 1. The van der Waals surface area contributed by atoms with Gasteiger partial charge >= 0.3 is 0 Å². The van der Waals surface area contributed by atoms with Gasteiger partial charge in [0.05, 0.1) is 10.7 Å². The van der Waals surface area contributed by atoms with Crippen LogP contribution in [0.1, 0.15) is 42.8 Å². The highest BCUT2D eigenvalue weighted by molar-refractivity contribution is 7.09. The number of nitrogens with zero attached hydrogens (tertiary/aromatic N) is 1. The van der Waals surface area contributed by atoms with Gasteiger partial charge in [-0.3, -0.25) is 0 Å². The largest absolute Gasteiger partial charge is 0.316 e. The zero-order valence-electron chi connectivity index (χ0n) is 9.62. The summed E-state index contributed by atoms with van der Waals surface area (Å²) >= 11 is 1.79. The summed E-state index contributed by atoms with van der Waals surface area (Å²) in [5.41, 5.74) is 1.34. The van der Waals surface area contributed by atoms with Crippen LogP contribution in [0.25, 0.3) is 0 Å². The lowest BCUT2D eigenvalue weighted by molar-refractivity contribution is 0.303. The third-order valence-electron chi connectivity index (χ3n) is 3.28. The van der Waals surface area contributed by atoms with E-state index in [4.69, 9.17) is 0 Å². The van der Waals surface area contributed by atoms with Gasteiger partial charge in [-0.15, -0.1) is 11.3 Å². The van der Waals surface area contributed by atoms with Gasteiger partial charge in [-0.05, 0) is 38.8 Å². The van der Waals surface area contributed by atoms with Crippen molar-refractivity contribution in [2.45, 2.75) is 39.0 Å². The fraction of sp³-hybridized carbons (Fsp3) is 0.750. The monoisotopic (exact) mass is 224 g/mol. The van der Waals surface area contributed by atoms with Crippen molar-refractivity contribution in [1.82, 2.24) is 10.3 Å². The Kier molecular flexibility index (Phi) is 3.76. The van der Waals surface area contributed by atoms with Crippen LogP contribution >= 0.6 is 11.3 Å². The minimum Gasteiger partial charge on any atom is -0.316 e. The molecule has 1 aliphatic heterocycles. The van der Waals surface area contributed by atoms with Gasteiger partial charge in [-0.1, -0.05) is 13.3 Å². The first-order chi connectivity index (χ1) is 7.31. The average molecular weight is 224 g/mol. The number of thiazole rings is 1. The van der Waals surface area contributed by atoms with E-state index in [1.807, 2.05) is 0 Å². The lowest BCUT2D eigenvalue weighted by atomic mass is 9.82. The Morgan fingerprint density at radius 3 is 3.13 bits per heavy atom. The molecule has 2 heterocycles. The first kappa shape index (κ1) is 11.1. The van der Waals surface area contributed by atoms with Crippen molar-refractivity contribution in [2.75, 3.05) is 13.1 Å². The first-order valence-electron chi connectivity index (χ1n) is 5.94. The Morgan fingerprint density at radius 2 is 2.47 bits per heavy atom. The molecule has 0 amide bonds. The summed E-state index contributed by atoms with van der Waals surface area (Å²) in [4.78, 5) is 4.66. The molecular weight excluding hydrogens is 204 g/mol. The Labute approximate surface area is 96.1 Å². The molecule has 1 N–H and O–H groups in total. The van der Waals surface area contributed by atoms with Crippen molar-refractivity contribution in [1.29, 1.82) is 0 Å². The molecule has 3 heteroatoms. The topological polar surface area (TPSA) is 24.9 Å². The number of hydrogen-bond acceptors (Lipinski definition) is 3. The van der Waals surface area contributed by atoms with Crippen LogP contribution in [0, 0.1) is 12.8 Å². The molecule has 0 radical (unpaired) electrons. The molecule has 2 atom stereocenters. The molecule has 1 aromatic heterocycles. The summed E-state index contributed by atoms with van der Waals surface area (Å²) in [6.45, 7) is 6.71. The Bertz CT molecular complexity index is 306. The molecule has 84 valence electrons. The van der Waals surface area contributed by atoms with Gasteiger partial charge in [-0.25, -0.2) is 4.98 Å². The molecule has 0 aromatic carbocycles. The van der Waals surface area contributed by atoms with Crippen LogP contribution in [0.4, 0.5) is 0 Å². The molecule has 0 bridgehead atoms. The lowest BCUT2D eigenvalue weighted by Crippen LogP contribution is -2.35. The van der Waals surface area contributed by atoms with Gasteiger partial charge in [0, 0.05) is 11.3 Å². The molecule has 1 saturated heterocycles. The number of piperidine rings is 1. The van der Waals surface area contributed by atoms with E-state index in [1.54, 1.807) is 11.3 Å². The van der Waals surface area contributed by atoms with Crippen LogP contribution < -0.4 is 5.32 Å². The van der Waals surface area contributed by atoms with Gasteiger partial charge in [0.25, 0.3) is 0 Å². The predicted octanol–water partition coefficient (Wildman–Crippen LogP) is 2.94. The fourth-order valence-corrected chi connectivity index (χ4v) is 3.21. The van der Waals surface area contributed by atoms with Gasteiger partial charge in [0.1, 0.15) is 0 Å². The summed E-state index contributed by atoms with van der Waals surface area (Å²) in [6, 6.07) is 0. The van der Waals surface area contributed by atoms with Crippen LogP contribution in [0.2, 0.25) is 0 Å². The second kappa shape index (κ2) is 5.08. The summed E-state index contributed by atoms with van der Waals surface area (Å²) in [7, 11) is 0. The minimum absolute atomic E-state index is 0.705. The Balaban J connectivity index is 2.10. The summed E-state index contributed by atoms with van der Waals surface area (Å²) in [6.07, 6.45) is 3.87. The maximum atomic E-state index is 4.66. The van der Waals surface area contributed by atoms with E-state index in [9.17, 15) is 0 Å². The minimum atomic E-state index is 0.705. The number of rotatable bonds is 3. The quantitative estimate of drug-likeness (QED) is 0.854. The molecule has 2 rings (SSSR count). The van der Waals surface area contributed by atoms with Crippen LogP contribution in [-0.4, -0.2) is 18.1 Å². The predicted molar refractivity (Wildman–Crippen MR) is 65.5 cm³/mol. The van der Waals surface area contributed by atoms with Crippen molar-refractivity contribution in [3.8, 4) is 0 Å². The molecule has 0 aliphatic carbocycles. The van der Waals surface area contributed by atoms with Crippen LogP contribution in [0.3, 0.4) is 0 Å². The highest BCUT2D eigenvalue weighted by atomic mass is 32.1. The van der Waals surface area contributed by atoms with Crippen molar-refractivity contribution in [3.05, 3.63) is 16.1 Å². The van der Waals surface area contributed by atoms with E-state index < -0.39 is 0 Å². The first-order valence-corrected chi connectivity index (χ1v) is 6.82. The zero-order valence-corrected chi connectivity index (χ0v) is 10.4. The molecule has 2 nitrogen and oxygen atoms in total. The third kappa shape index (κ3) is 2.58. The van der Waals surface area contributed by atoms with Crippen molar-refractivity contribution in [2.24, 2.45) is 5.92 Å². The second-order valence-electron chi connectivity index (χ2n) is 4.44. The van der Waals surface area contributed by atoms with E-state index in [1.165, 1.54) is 36.5 Å². The van der Waals surface area contributed by atoms with Crippen molar-refractivity contribution < 1.29 is 0 Å². The highest BCUT2D eigenvalue weighted by Gasteiger charge is 2.27. The van der Waals surface area contributed by atoms with Gasteiger partial charge < -0.3 is 5.32 Å². The molecule has 0 spiro atoms. The zero-order chi connectivity index (χ0) is 10.7.